The first-order chi connectivity index (χ1) is 11.0. The summed E-state index contributed by atoms with van der Waals surface area (Å²) in [6, 6.07) is 11.3. The van der Waals surface area contributed by atoms with Crippen LogP contribution in [0.1, 0.15) is 31.4 Å². The zero-order chi connectivity index (χ0) is 17.0. The second kappa shape index (κ2) is 7.15. The van der Waals surface area contributed by atoms with Gasteiger partial charge in [-0.2, -0.15) is 5.26 Å². The average molecular weight is 310 g/mol. The first kappa shape index (κ1) is 16.8. The van der Waals surface area contributed by atoms with Gasteiger partial charge < -0.3 is 9.30 Å². The maximum Gasteiger partial charge on any atom is 0.268 e. The molecule has 0 aliphatic rings. The van der Waals surface area contributed by atoms with Gasteiger partial charge in [0, 0.05) is 12.1 Å². The molecule has 1 aromatic carbocycles. The second-order valence-electron chi connectivity index (χ2n) is 6.09. The first-order valence-electron chi connectivity index (χ1n) is 7.77. The lowest BCUT2D eigenvalue weighted by atomic mass is 10.0. The number of pyridine rings is 1. The molecular formula is C19H22N2O2. The summed E-state index contributed by atoms with van der Waals surface area (Å²) in [5.41, 5.74) is 2.68. The third-order valence-electron chi connectivity index (χ3n) is 3.86. The van der Waals surface area contributed by atoms with Crippen molar-refractivity contribution in [3.05, 3.63) is 51.8 Å². The smallest absolute Gasteiger partial charge is 0.268 e. The highest BCUT2D eigenvalue weighted by atomic mass is 16.5. The van der Waals surface area contributed by atoms with E-state index in [4.69, 9.17) is 10.00 Å². The highest BCUT2D eigenvalue weighted by molar-refractivity contribution is 5.69. The molecule has 0 aliphatic carbocycles. The summed E-state index contributed by atoms with van der Waals surface area (Å²) < 4.78 is 7.14. The monoisotopic (exact) mass is 310 g/mol. The van der Waals surface area contributed by atoms with Crippen molar-refractivity contribution in [2.24, 2.45) is 5.92 Å². The Labute approximate surface area is 137 Å². The van der Waals surface area contributed by atoms with Crippen LogP contribution in [0.25, 0.3) is 11.3 Å². The predicted octanol–water partition coefficient (Wildman–Crippen LogP) is 3.75. The van der Waals surface area contributed by atoms with Gasteiger partial charge in [-0.1, -0.05) is 25.5 Å². The van der Waals surface area contributed by atoms with E-state index in [1.807, 2.05) is 37.3 Å². The minimum absolute atomic E-state index is 0.170. The lowest BCUT2D eigenvalue weighted by Crippen LogP contribution is -2.24. The van der Waals surface area contributed by atoms with Crippen LogP contribution in [0.2, 0.25) is 0 Å². The Balaban J connectivity index is 2.67. The summed E-state index contributed by atoms with van der Waals surface area (Å²) in [5, 5.41) is 9.14. The summed E-state index contributed by atoms with van der Waals surface area (Å²) in [6.45, 7) is 6.82. The van der Waals surface area contributed by atoms with Gasteiger partial charge in [0.1, 0.15) is 17.4 Å². The van der Waals surface area contributed by atoms with E-state index in [1.54, 1.807) is 17.7 Å². The molecule has 1 heterocycles. The van der Waals surface area contributed by atoms with Crippen molar-refractivity contribution in [2.45, 2.75) is 33.7 Å². The molecule has 0 radical (unpaired) electrons. The molecule has 4 nitrogen and oxygen atoms in total. The maximum absolute atomic E-state index is 12.6. The number of nitriles is 1. The molecule has 120 valence electrons. The second-order valence-corrected chi connectivity index (χ2v) is 6.09. The first-order valence-corrected chi connectivity index (χ1v) is 7.77. The van der Waals surface area contributed by atoms with Crippen molar-refractivity contribution in [2.75, 3.05) is 7.11 Å². The summed E-state index contributed by atoms with van der Waals surface area (Å²) in [4.78, 5) is 12.6. The van der Waals surface area contributed by atoms with Gasteiger partial charge >= 0.3 is 0 Å². The predicted molar refractivity (Wildman–Crippen MR) is 91.6 cm³/mol. The molecular weight excluding hydrogens is 288 g/mol. The van der Waals surface area contributed by atoms with Crippen LogP contribution >= 0.6 is 0 Å². The Kier molecular flexibility index (Phi) is 5.23. The zero-order valence-electron chi connectivity index (χ0n) is 14.1. The number of benzene rings is 1. The Morgan fingerprint density at radius 2 is 2.00 bits per heavy atom. The van der Waals surface area contributed by atoms with Crippen LogP contribution in [-0.2, 0) is 6.54 Å². The number of hydrogen-bond donors (Lipinski definition) is 0. The van der Waals surface area contributed by atoms with Crippen LogP contribution in [-0.4, -0.2) is 11.7 Å². The Hall–Kier alpha value is -2.54. The third-order valence-corrected chi connectivity index (χ3v) is 3.86. The molecule has 0 N–H and O–H groups in total. The van der Waals surface area contributed by atoms with E-state index in [2.05, 4.69) is 13.8 Å². The van der Waals surface area contributed by atoms with Crippen LogP contribution in [0.15, 0.2) is 35.1 Å². The van der Waals surface area contributed by atoms with Crippen molar-refractivity contribution in [3.8, 4) is 23.1 Å². The maximum atomic E-state index is 12.6. The molecule has 0 atom stereocenters. The van der Waals surface area contributed by atoms with Crippen LogP contribution in [0.5, 0.6) is 5.75 Å². The Morgan fingerprint density at radius 1 is 1.26 bits per heavy atom. The van der Waals surface area contributed by atoms with E-state index in [9.17, 15) is 4.79 Å². The van der Waals surface area contributed by atoms with Crippen LogP contribution in [0, 0.1) is 24.2 Å². The van der Waals surface area contributed by atoms with Gasteiger partial charge in [-0.25, -0.2) is 0 Å². The van der Waals surface area contributed by atoms with Gasteiger partial charge in [-0.05, 0) is 43.5 Å². The number of aryl methyl sites for hydroxylation is 1. The molecule has 0 spiro atoms. The Bertz CT molecular complexity index is 798. The molecule has 4 heteroatoms. The summed E-state index contributed by atoms with van der Waals surface area (Å²) >= 11 is 0. The molecule has 0 saturated heterocycles. The number of aromatic nitrogens is 1. The quantitative estimate of drug-likeness (QED) is 0.845. The van der Waals surface area contributed by atoms with E-state index in [-0.39, 0.29) is 11.1 Å². The van der Waals surface area contributed by atoms with Crippen molar-refractivity contribution in [3.63, 3.8) is 0 Å². The summed E-state index contributed by atoms with van der Waals surface area (Å²) in [7, 11) is 1.62. The minimum atomic E-state index is -0.241. The fourth-order valence-corrected chi connectivity index (χ4v) is 2.53. The third kappa shape index (κ3) is 3.62. The van der Waals surface area contributed by atoms with Crippen molar-refractivity contribution < 1.29 is 4.74 Å². The SMILES string of the molecule is COc1ccc(C)cc1-c1ccc(C#N)c(=O)n1CCC(C)C. The number of methoxy groups -OCH3 is 1. The zero-order valence-corrected chi connectivity index (χ0v) is 14.1. The van der Waals surface area contributed by atoms with Crippen LogP contribution < -0.4 is 10.3 Å². The average Bonchev–Trinajstić information content (AvgIpc) is 2.53. The van der Waals surface area contributed by atoms with Gasteiger partial charge in [-0.15, -0.1) is 0 Å². The van der Waals surface area contributed by atoms with Gasteiger partial charge in [-0.3, -0.25) is 4.79 Å². The molecule has 1 aromatic heterocycles. The highest BCUT2D eigenvalue weighted by Crippen LogP contribution is 2.30. The fraction of sp³-hybridized carbons (Fsp3) is 0.368. The number of nitrogens with zero attached hydrogens (tertiary/aromatic N) is 2. The van der Waals surface area contributed by atoms with Crippen LogP contribution in [0.3, 0.4) is 0 Å². The molecule has 0 bridgehead atoms. The van der Waals surface area contributed by atoms with E-state index in [0.717, 1.165) is 29.0 Å². The van der Waals surface area contributed by atoms with Crippen molar-refractivity contribution in [1.82, 2.24) is 4.57 Å². The van der Waals surface area contributed by atoms with E-state index in [0.29, 0.717) is 12.5 Å². The van der Waals surface area contributed by atoms with Gasteiger partial charge in [0.05, 0.1) is 12.8 Å². The highest BCUT2D eigenvalue weighted by Gasteiger charge is 2.14. The minimum Gasteiger partial charge on any atom is -0.496 e. The van der Waals surface area contributed by atoms with Crippen molar-refractivity contribution >= 4 is 0 Å². The van der Waals surface area contributed by atoms with Gasteiger partial charge in [0.15, 0.2) is 0 Å². The summed E-state index contributed by atoms with van der Waals surface area (Å²) in [5.74, 6) is 1.19. The normalized spacial score (nSPS) is 10.6. The molecule has 23 heavy (non-hydrogen) atoms. The van der Waals surface area contributed by atoms with Crippen molar-refractivity contribution in [1.29, 1.82) is 5.26 Å². The number of rotatable bonds is 5. The van der Waals surface area contributed by atoms with E-state index in [1.165, 1.54) is 0 Å². The lowest BCUT2D eigenvalue weighted by molar-refractivity contribution is 0.415. The molecule has 0 unspecified atom stereocenters. The molecule has 2 aromatic rings. The molecule has 0 amide bonds. The Morgan fingerprint density at radius 3 is 2.61 bits per heavy atom. The fourth-order valence-electron chi connectivity index (χ4n) is 2.53. The topological polar surface area (TPSA) is 55.0 Å². The molecule has 0 saturated carbocycles. The van der Waals surface area contributed by atoms with E-state index >= 15 is 0 Å². The number of ether oxygens (including phenoxy) is 1. The molecule has 0 fully saturated rings. The number of hydrogen-bond acceptors (Lipinski definition) is 3. The van der Waals surface area contributed by atoms with E-state index < -0.39 is 0 Å². The van der Waals surface area contributed by atoms with Gasteiger partial charge in [0.2, 0.25) is 0 Å². The largest absolute Gasteiger partial charge is 0.496 e. The molecule has 0 aliphatic heterocycles. The summed E-state index contributed by atoms with van der Waals surface area (Å²) in [6.07, 6.45) is 0.871. The van der Waals surface area contributed by atoms with Gasteiger partial charge in [0.25, 0.3) is 5.56 Å². The standard InChI is InChI=1S/C19H22N2O2/c1-13(2)9-10-21-17(7-6-15(12-20)19(21)22)16-11-14(3)5-8-18(16)23-4/h5-8,11,13H,9-10H2,1-4H3. The molecule has 2 rings (SSSR count). The lowest BCUT2D eigenvalue weighted by Gasteiger charge is -2.17. The van der Waals surface area contributed by atoms with Crippen LogP contribution in [0.4, 0.5) is 0 Å².